The van der Waals surface area contributed by atoms with E-state index in [4.69, 9.17) is 4.74 Å². The number of aryl methyl sites for hydroxylation is 1. The highest BCUT2D eigenvalue weighted by Gasteiger charge is 2.12. The van der Waals surface area contributed by atoms with Crippen LogP contribution in [0, 0.1) is 12.7 Å². The van der Waals surface area contributed by atoms with Gasteiger partial charge in [0.2, 0.25) is 0 Å². The monoisotopic (exact) mass is 273 g/mol. The van der Waals surface area contributed by atoms with E-state index in [9.17, 15) is 4.39 Å². The van der Waals surface area contributed by atoms with Crippen LogP contribution >= 0.6 is 0 Å². The first-order valence-corrected chi connectivity index (χ1v) is 6.80. The van der Waals surface area contributed by atoms with Gasteiger partial charge in [0.05, 0.1) is 18.8 Å². The average Bonchev–Trinajstić information content (AvgIpc) is 2.47. The maximum atomic E-state index is 13.9. The van der Waals surface area contributed by atoms with Crippen molar-refractivity contribution < 1.29 is 9.13 Å². The Morgan fingerprint density at radius 3 is 2.45 bits per heavy atom. The fourth-order valence-electron chi connectivity index (χ4n) is 2.15. The minimum atomic E-state index is -0.267. The van der Waals surface area contributed by atoms with Gasteiger partial charge < -0.3 is 10.1 Å². The second-order valence-corrected chi connectivity index (χ2v) is 4.86. The molecule has 0 saturated carbocycles. The van der Waals surface area contributed by atoms with Crippen molar-refractivity contribution in [1.82, 2.24) is 0 Å². The molecule has 0 saturated heterocycles. The predicted molar refractivity (Wildman–Crippen MR) is 80.8 cm³/mol. The van der Waals surface area contributed by atoms with E-state index in [1.54, 1.807) is 19.2 Å². The summed E-state index contributed by atoms with van der Waals surface area (Å²) in [5.41, 5.74) is 2.84. The van der Waals surface area contributed by atoms with Crippen molar-refractivity contribution in [2.45, 2.75) is 26.3 Å². The fourth-order valence-corrected chi connectivity index (χ4v) is 2.15. The molecule has 0 aliphatic heterocycles. The van der Waals surface area contributed by atoms with Crippen LogP contribution in [0.3, 0.4) is 0 Å². The van der Waals surface area contributed by atoms with Crippen LogP contribution in [0.1, 0.15) is 30.5 Å². The molecule has 0 amide bonds. The molecule has 0 fully saturated rings. The zero-order valence-electron chi connectivity index (χ0n) is 12.1. The van der Waals surface area contributed by atoms with Crippen LogP contribution in [0.5, 0.6) is 5.75 Å². The summed E-state index contributed by atoms with van der Waals surface area (Å²) in [7, 11) is 1.58. The Balaban J connectivity index is 2.23. The number of benzene rings is 2. The molecular weight excluding hydrogens is 253 g/mol. The van der Waals surface area contributed by atoms with Gasteiger partial charge in [-0.2, -0.15) is 0 Å². The normalized spacial score (nSPS) is 12.0. The van der Waals surface area contributed by atoms with Crippen LogP contribution < -0.4 is 10.1 Å². The summed E-state index contributed by atoms with van der Waals surface area (Å²) in [6, 6.07) is 13.1. The fraction of sp³-hybridized carbons (Fsp3) is 0.294. The smallest absolute Gasteiger partial charge is 0.146 e. The quantitative estimate of drug-likeness (QED) is 0.852. The Morgan fingerprint density at radius 2 is 1.85 bits per heavy atom. The zero-order chi connectivity index (χ0) is 14.5. The summed E-state index contributed by atoms with van der Waals surface area (Å²) >= 11 is 0. The lowest BCUT2D eigenvalue weighted by Gasteiger charge is -2.20. The number of hydrogen-bond donors (Lipinski definition) is 1. The van der Waals surface area contributed by atoms with E-state index in [0.717, 1.165) is 12.0 Å². The van der Waals surface area contributed by atoms with E-state index in [1.165, 1.54) is 11.6 Å². The van der Waals surface area contributed by atoms with Crippen LogP contribution in [-0.4, -0.2) is 7.11 Å². The van der Waals surface area contributed by atoms with Gasteiger partial charge in [-0.1, -0.05) is 36.8 Å². The predicted octanol–water partition coefficient (Wildman–Crippen LogP) is 4.71. The molecule has 0 aromatic heterocycles. The first-order valence-electron chi connectivity index (χ1n) is 6.80. The first kappa shape index (κ1) is 14.4. The minimum absolute atomic E-state index is 0.0807. The van der Waals surface area contributed by atoms with Crippen molar-refractivity contribution >= 4 is 5.69 Å². The van der Waals surface area contributed by atoms with Crippen LogP contribution in [0.15, 0.2) is 42.5 Å². The second kappa shape index (κ2) is 6.42. The lowest BCUT2D eigenvalue weighted by molar-refractivity contribution is 0.414. The van der Waals surface area contributed by atoms with Crippen molar-refractivity contribution in [3.63, 3.8) is 0 Å². The SMILES string of the molecule is CCC(Nc1cc(OC)ccc1F)c1ccc(C)cc1. The molecule has 0 radical (unpaired) electrons. The highest BCUT2D eigenvalue weighted by atomic mass is 19.1. The van der Waals surface area contributed by atoms with Crippen LogP contribution in [0.25, 0.3) is 0 Å². The van der Waals surface area contributed by atoms with E-state index >= 15 is 0 Å². The summed E-state index contributed by atoms with van der Waals surface area (Å²) in [5, 5.41) is 3.25. The molecule has 2 rings (SSSR count). The Bertz CT molecular complexity index is 566. The van der Waals surface area contributed by atoms with Gasteiger partial charge in [-0.3, -0.25) is 0 Å². The molecule has 0 aliphatic carbocycles. The first-order chi connectivity index (χ1) is 9.63. The molecule has 20 heavy (non-hydrogen) atoms. The van der Waals surface area contributed by atoms with E-state index in [1.807, 2.05) is 0 Å². The van der Waals surface area contributed by atoms with Crippen molar-refractivity contribution in [2.24, 2.45) is 0 Å². The Kier molecular flexibility index (Phi) is 4.61. The maximum absolute atomic E-state index is 13.9. The van der Waals surface area contributed by atoms with Gasteiger partial charge in [0, 0.05) is 6.07 Å². The van der Waals surface area contributed by atoms with E-state index in [-0.39, 0.29) is 11.9 Å². The molecule has 1 unspecified atom stereocenters. The average molecular weight is 273 g/mol. The number of methoxy groups -OCH3 is 1. The number of nitrogens with one attached hydrogen (secondary N) is 1. The number of hydrogen-bond acceptors (Lipinski definition) is 2. The van der Waals surface area contributed by atoms with Gasteiger partial charge in [-0.15, -0.1) is 0 Å². The number of anilines is 1. The topological polar surface area (TPSA) is 21.3 Å². The highest BCUT2D eigenvalue weighted by molar-refractivity contribution is 5.51. The third kappa shape index (κ3) is 3.29. The summed E-state index contributed by atoms with van der Waals surface area (Å²) in [6.45, 7) is 4.13. The molecule has 0 aliphatic rings. The Hall–Kier alpha value is -2.03. The second-order valence-electron chi connectivity index (χ2n) is 4.86. The minimum Gasteiger partial charge on any atom is -0.497 e. The van der Waals surface area contributed by atoms with Crippen LogP contribution in [0.4, 0.5) is 10.1 Å². The van der Waals surface area contributed by atoms with Gasteiger partial charge in [-0.25, -0.2) is 4.39 Å². The Labute approximate surface area is 119 Å². The zero-order valence-corrected chi connectivity index (χ0v) is 12.1. The van der Waals surface area contributed by atoms with E-state index < -0.39 is 0 Å². The molecule has 0 heterocycles. The molecule has 1 atom stereocenters. The third-order valence-corrected chi connectivity index (χ3v) is 3.39. The van der Waals surface area contributed by atoms with E-state index in [0.29, 0.717) is 11.4 Å². The Morgan fingerprint density at radius 1 is 1.15 bits per heavy atom. The molecule has 3 heteroatoms. The molecule has 106 valence electrons. The molecule has 2 aromatic carbocycles. The largest absolute Gasteiger partial charge is 0.497 e. The van der Waals surface area contributed by atoms with Crippen molar-refractivity contribution in [1.29, 1.82) is 0 Å². The molecule has 0 spiro atoms. The van der Waals surface area contributed by atoms with Gasteiger partial charge >= 0.3 is 0 Å². The molecular formula is C17H20FNO. The van der Waals surface area contributed by atoms with Crippen molar-refractivity contribution in [3.8, 4) is 5.75 Å². The lowest BCUT2D eigenvalue weighted by Crippen LogP contribution is -2.11. The number of halogens is 1. The molecule has 0 bridgehead atoms. The summed E-state index contributed by atoms with van der Waals surface area (Å²) in [5.74, 6) is 0.379. The van der Waals surface area contributed by atoms with E-state index in [2.05, 4.69) is 43.4 Å². The number of ether oxygens (including phenoxy) is 1. The molecule has 2 aromatic rings. The van der Waals surface area contributed by atoms with Gasteiger partial charge in [0.25, 0.3) is 0 Å². The molecule has 2 nitrogen and oxygen atoms in total. The van der Waals surface area contributed by atoms with Crippen molar-refractivity contribution in [2.75, 3.05) is 12.4 Å². The third-order valence-electron chi connectivity index (χ3n) is 3.39. The summed E-state index contributed by atoms with van der Waals surface area (Å²) in [4.78, 5) is 0. The van der Waals surface area contributed by atoms with Crippen LogP contribution in [-0.2, 0) is 0 Å². The summed E-state index contributed by atoms with van der Waals surface area (Å²) < 4.78 is 19.0. The number of rotatable bonds is 5. The van der Waals surface area contributed by atoms with Crippen LogP contribution in [0.2, 0.25) is 0 Å². The summed E-state index contributed by atoms with van der Waals surface area (Å²) in [6.07, 6.45) is 0.875. The van der Waals surface area contributed by atoms with Gasteiger partial charge in [0.15, 0.2) is 0 Å². The maximum Gasteiger partial charge on any atom is 0.146 e. The molecule has 1 N–H and O–H groups in total. The van der Waals surface area contributed by atoms with Gasteiger partial charge in [0.1, 0.15) is 11.6 Å². The van der Waals surface area contributed by atoms with Crippen molar-refractivity contribution in [3.05, 3.63) is 59.4 Å². The standard InChI is InChI=1S/C17H20FNO/c1-4-16(13-7-5-12(2)6-8-13)19-17-11-14(20-3)9-10-15(17)18/h5-11,16,19H,4H2,1-3H3. The lowest BCUT2D eigenvalue weighted by atomic mass is 10.0. The van der Waals surface area contributed by atoms with Gasteiger partial charge in [-0.05, 0) is 31.0 Å². The highest BCUT2D eigenvalue weighted by Crippen LogP contribution is 2.27.